The quantitative estimate of drug-likeness (QED) is 0.176. The molecule has 0 heterocycles. The van der Waals surface area contributed by atoms with Crippen LogP contribution in [0.3, 0.4) is 0 Å². The number of sulfone groups is 2. The fourth-order valence-electron chi connectivity index (χ4n) is 3.74. The molecule has 0 saturated heterocycles. The summed E-state index contributed by atoms with van der Waals surface area (Å²) >= 11 is 0. The molecule has 0 saturated carbocycles. The average Bonchev–Trinajstić information content (AvgIpc) is 2.74. The van der Waals surface area contributed by atoms with Crippen LogP contribution in [0.15, 0.2) is 0 Å². The predicted molar refractivity (Wildman–Crippen MR) is 137 cm³/mol. The van der Waals surface area contributed by atoms with Crippen LogP contribution < -0.4 is 0 Å². The molecule has 0 spiro atoms. The van der Waals surface area contributed by atoms with Gasteiger partial charge in [-0.2, -0.15) is 0 Å². The first-order chi connectivity index (χ1) is 15.5. The first-order valence-electron chi connectivity index (χ1n) is 12.9. The van der Waals surface area contributed by atoms with Crippen molar-refractivity contribution in [1.82, 2.24) is 0 Å². The first-order valence-corrected chi connectivity index (χ1v) is 16.4. The van der Waals surface area contributed by atoms with E-state index >= 15 is 0 Å². The number of unbranched alkanes of at least 4 members (excludes halogenated alkanes) is 8. The van der Waals surface area contributed by atoms with Gasteiger partial charge in [-0.15, -0.1) is 0 Å². The molecule has 0 aliphatic carbocycles. The molecule has 0 amide bonds. The lowest BCUT2D eigenvalue weighted by molar-refractivity contribution is -0.119. The van der Waals surface area contributed by atoms with Gasteiger partial charge in [0.2, 0.25) is 0 Å². The highest BCUT2D eigenvalue weighted by Gasteiger charge is 2.23. The molecule has 0 bridgehead atoms. The van der Waals surface area contributed by atoms with Gasteiger partial charge in [0.1, 0.15) is 11.6 Å². The van der Waals surface area contributed by atoms with Crippen LogP contribution in [0.5, 0.6) is 0 Å². The summed E-state index contributed by atoms with van der Waals surface area (Å²) in [6, 6.07) is 0. The lowest BCUT2D eigenvalue weighted by Gasteiger charge is -2.12. The van der Waals surface area contributed by atoms with Crippen molar-refractivity contribution in [2.45, 2.75) is 135 Å². The maximum atomic E-state index is 12.4. The Morgan fingerprint density at radius 2 is 0.848 bits per heavy atom. The van der Waals surface area contributed by atoms with Gasteiger partial charge in [0, 0.05) is 25.7 Å². The summed E-state index contributed by atoms with van der Waals surface area (Å²) in [5.74, 6) is 0.324. The number of carbonyl (C=O) groups is 2. The van der Waals surface area contributed by atoms with Crippen LogP contribution >= 0.6 is 0 Å². The Bertz CT molecular complexity index is 692. The Hall–Kier alpha value is -0.760. The van der Waals surface area contributed by atoms with Crippen molar-refractivity contribution in [2.24, 2.45) is 0 Å². The van der Waals surface area contributed by atoms with Crippen LogP contribution in [0.25, 0.3) is 0 Å². The Balaban J connectivity index is 3.96. The van der Waals surface area contributed by atoms with Gasteiger partial charge in [-0.05, 0) is 39.5 Å². The highest BCUT2D eigenvalue weighted by atomic mass is 32.2. The van der Waals surface area contributed by atoms with E-state index in [1.54, 1.807) is 13.8 Å². The van der Waals surface area contributed by atoms with Crippen molar-refractivity contribution in [1.29, 1.82) is 0 Å². The fourth-order valence-corrected chi connectivity index (χ4v) is 6.64. The molecule has 33 heavy (non-hydrogen) atoms. The molecule has 0 radical (unpaired) electrons. The van der Waals surface area contributed by atoms with Crippen molar-refractivity contribution >= 4 is 31.2 Å². The van der Waals surface area contributed by atoms with E-state index in [1.807, 2.05) is 13.8 Å². The number of ketones is 2. The third-order valence-corrected chi connectivity index (χ3v) is 10.7. The zero-order chi connectivity index (χ0) is 25.3. The normalized spacial score (nSPS) is 14.2. The third kappa shape index (κ3) is 15.7. The Morgan fingerprint density at radius 1 is 0.545 bits per heavy atom. The van der Waals surface area contributed by atoms with Gasteiger partial charge in [-0.25, -0.2) is 16.8 Å². The van der Waals surface area contributed by atoms with E-state index in [0.717, 1.165) is 57.8 Å². The van der Waals surface area contributed by atoms with E-state index in [2.05, 4.69) is 0 Å². The van der Waals surface area contributed by atoms with Gasteiger partial charge < -0.3 is 0 Å². The summed E-state index contributed by atoms with van der Waals surface area (Å²) in [7, 11) is -6.46. The molecule has 196 valence electrons. The number of hydrogen-bond donors (Lipinski definition) is 0. The molecule has 0 aromatic heterocycles. The molecule has 0 aliphatic heterocycles. The zero-order valence-corrected chi connectivity index (χ0v) is 23.1. The summed E-state index contributed by atoms with van der Waals surface area (Å²) in [5.41, 5.74) is 0. The number of Topliss-reactive ketones (excluding diaryl/α,β-unsaturated/α-hetero) is 2. The molecule has 6 nitrogen and oxygen atoms in total. The molecule has 0 aliphatic rings. The Kier molecular flexibility index (Phi) is 17.2. The number of rotatable bonds is 22. The lowest BCUT2D eigenvalue weighted by atomic mass is 10.1. The van der Waals surface area contributed by atoms with Crippen LogP contribution in [0.4, 0.5) is 0 Å². The summed E-state index contributed by atoms with van der Waals surface area (Å²) in [6.07, 6.45) is 10.3. The zero-order valence-electron chi connectivity index (χ0n) is 21.4. The van der Waals surface area contributed by atoms with E-state index in [4.69, 9.17) is 0 Å². The molecular weight excluding hydrogens is 460 g/mol. The minimum absolute atomic E-state index is 0.0347. The van der Waals surface area contributed by atoms with Crippen LogP contribution in [-0.2, 0) is 29.3 Å². The third-order valence-electron chi connectivity index (χ3n) is 6.23. The minimum Gasteiger partial charge on any atom is -0.300 e. The monoisotopic (exact) mass is 508 g/mol. The van der Waals surface area contributed by atoms with Gasteiger partial charge in [0.15, 0.2) is 19.7 Å². The van der Waals surface area contributed by atoms with Gasteiger partial charge in [-0.3, -0.25) is 9.59 Å². The molecule has 2 unspecified atom stereocenters. The molecular formula is C25H48O6S2. The van der Waals surface area contributed by atoms with Crippen molar-refractivity contribution in [3.8, 4) is 0 Å². The van der Waals surface area contributed by atoms with E-state index in [-0.39, 0.29) is 35.9 Å². The van der Waals surface area contributed by atoms with E-state index < -0.39 is 30.2 Å². The minimum atomic E-state index is -3.23. The topological polar surface area (TPSA) is 102 Å². The van der Waals surface area contributed by atoms with Crippen LogP contribution in [0, 0.1) is 0 Å². The average molecular weight is 509 g/mol. The first kappa shape index (κ1) is 32.2. The molecule has 0 aromatic rings. The molecule has 8 heteroatoms. The Labute approximate surface area is 203 Å². The van der Waals surface area contributed by atoms with Gasteiger partial charge in [0.05, 0.1) is 22.0 Å². The van der Waals surface area contributed by atoms with Crippen molar-refractivity contribution in [3.05, 3.63) is 0 Å². The van der Waals surface area contributed by atoms with E-state index in [1.165, 1.54) is 0 Å². The summed E-state index contributed by atoms with van der Waals surface area (Å²) in [5, 5.41) is -1.21. The van der Waals surface area contributed by atoms with Gasteiger partial charge >= 0.3 is 0 Å². The SMILES string of the molecule is CCCCC(=O)CC(C)S(=O)(=O)CCCCCCCCCS(=O)(=O)C(C)CC(=O)CCCC. The number of carbonyl (C=O) groups excluding carboxylic acids is 2. The smallest absolute Gasteiger partial charge is 0.153 e. The molecule has 0 fully saturated rings. The summed E-state index contributed by atoms with van der Waals surface area (Å²) in [6.45, 7) is 7.29. The fraction of sp³-hybridized carbons (Fsp3) is 0.920. The highest BCUT2D eigenvalue weighted by Crippen LogP contribution is 2.16. The van der Waals surface area contributed by atoms with Crippen molar-refractivity contribution in [3.63, 3.8) is 0 Å². The van der Waals surface area contributed by atoms with Gasteiger partial charge in [-0.1, -0.05) is 58.8 Å². The van der Waals surface area contributed by atoms with E-state index in [0.29, 0.717) is 25.7 Å². The van der Waals surface area contributed by atoms with Crippen LogP contribution in [0.1, 0.15) is 124 Å². The maximum Gasteiger partial charge on any atom is 0.153 e. The Morgan fingerprint density at radius 3 is 1.15 bits per heavy atom. The summed E-state index contributed by atoms with van der Waals surface area (Å²) < 4.78 is 49.4. The second-order valence-electron chi connectivity index (χ2n) is 9.52. The second-order valence-corrected chi connectivity index (χ2v) is 14.6. The molecule has 0 aromatic carbocycles. The lowest BCUT2D eigenvalue weighted by Crippen LogP contribution is -2.24. The second kappa shape index (κ2) is 17.6. The largest absolute Gasteiger partial charge is 0.300 e. The highest BCUT2D eigenvalue weighted by molar-refractivity contribution is 7.92. The number of hydrogen-bond acceptors (Lipinski definition) is 6. The van der Waals surface area contributed by atoms with Crippen molar-refractivity contribution < 1.29 is 26.4 Å². The van der Waals surface area contributed by atoms with Crippen LogP contribution in [-0.4, -0.2) is 50.4 Å². The summed E-state index contributed by atoms with van der Waals surface area (Å²) in [4.78, 5) is 23.7. The molecule has 0 N–H and O–H groups in total. The predicted octanol–water partition coefficient (Wildman–Crippen LogP) is 5.62. The van der Waals surface area contributed by atoms with Crippen molar-refractivity contribution in [2.75, 3.05) is 11.5 Å². The van der Waals surface area contributed by atoms with Crippen LogP contribution in [0.2, 0.25) is 0 Å². The van der Waals surface area contributed by atoms with Gasteiger partial charge in [0.25, 0.3) is 0 Å². The standard InChI is InChI=1S/C25H48O6S2/c1-5-7-16-24(26)20-22(3)32(28,29)18-14-12-10-9-11-13-15-19-33(30,31)23(4)21-25(27)17-8-6-2/h22-23H,5-21H2,1-4H3. The van der Waals surface area contributed by atoms with E-state index in [9.17, 15) is 26.4 Å². The maximum absolute atomic E-state index is 12.4. The molecule has 0 rings (SSSR count). The molecule has 2 atom stereocenters.